The van der Waals surface area contributed by atoms with Crippen LogP contribution in [0.2, 0.25) is 0 Å². The molecule has 0 amide bonds. The number of aromatic carboxylic acids is 1. The Bertz CT molecular complexity index is 710. The van der Waals surface area contributed by atoms with Crippen molar-refractivity contribution in [3.05, 3.63) is 34.2 Å². The zero-order valence-electron chi connectivity index (χ0n) is 11.2. The molecule has 3 rings (SSSR count). The lowest BCUT2D eigenvalue weighted by Gasteiger charge is -2.34. The van der Waals surface area contributed by atoms with Gasteiger partial charge in [-0.25, -0.2) is 14.3 Å². The third kappa shape index (κ3) is 2.05. The van der Waals surface area contributed by atoms with E-state index < -0.39 is 5.97 Å². The summed E-state index contributed by atoms with van der Waals surface area (Å²) in [7, 11) is 2.05. The van der Waals surface area contributed by atoms with Crippen LogP contribution in [0.1, 0.15) is 10.4 Å². The Hall–Kier alpha value is -2.28. The predicted octanol–water partition coefficient (Wildman–Crippen LogP) is -0.0888. The Morgan fingerprint density at radius 3 is 2.60 bits per heavy atom. The Kier molecular flexibility index (Phi) is 2.98. The predicted molar refractivity (Wildman–Crippen MR) is 75.0 cm³/mol. The van der Waals surface area contributed by atoms with Gasteiger partial charge >= 0.3 is 11.7 Å². The van der Waals surface area contributed by atoms with Gasteiger partial charge in [-0.3, -0.25) is 0 Å². The normalized spacial score (nSPS) is 16.8. The number of hydrogen-bond donors (Lipinski definition) is 2. The summed E-state index contributed by atoms with van der Waals surface area (Å²) in [4.78, 5) is 28.0. The zero-order chi connectivity index (χ0) is 14.3. The topological polar surface area (TPSA) is 81.6 Å². The maximum atomic E-state index is 12.1. The second-order valence-electron chi connectivity index (χ2n) is 5.04. The molecule has 1 aromatic carbocycles. The number of carboxylic acids is 1. The van der Waals surface area contributed by atoms with Crippen LogP contribution in [0.5, 0.6) is 0 Å². The van der Waals surface area contributed by atoms with Gasteiger partial charge in [0.25, 0.3) is 0 Å². The fraction of sp³-hybridized carbons (Fsp3) is 0.385. The van der Waals surface area contributed by atoms with Crippen LogP contribution in [-0.2, 0) is 0 Å². The number of piperazine rings is 1. The molecule has 0 spiro atoms. The molecule has 0 radical (unpaired) electrons. The molecule has 1 aliphatic rings. The number of imidazole rings is 1. The summed E-state index contributed by atoms with van der Waals surface area (Å²) in [6, 6.07) is 4.69. The van der Waals surface area contributed by atoms with Crippen molar-refractivity contribution in [1.29, 1.82) is 0 Å². The minimum atomic E-state index is -1.000. The van der Waals surface area contributed by atoms with E-state index >= 15 is 0 Å². The number of likely N-dealkylation sites (N-methyl/N-ethyl adjacent to an activating group) is 1. The van der Waals surface area contributed by atoms with E-state index in [2.05, 4.69) is 16.9 Å². The Morgan fingerprint density at radius 2 is 1.95 bits per heavy atom. The van der Waals surface area contributed by atoms with E-state index in [0.717, 1.165) is 26.2 Å². The van der Waals surface area contributed by atoms with Gasteiger partial charge < -0.3 is 20.0 Å². The SMILES string of the molecule is CN1CCN(n2c(=O)[nH]c3cc(C(=O)O)ccc32)CC1. The van der Waals surface area contributed by atoms with E-state index in [1.165, 1.54) is 12.1 Å². The zero-order valence-corrected chi connectivity index (χ0v) is 11.2. The van der Waals surface area contributed by atoms with E-state index in [1.807, 2.05) is 5.01 Å². The highest BCUT2D eigenvalue weighted by Crippen LogP contribution is 2.14. The van der Waals surface area contributed by atoms with Gasteiger partial charge in [0.15, 0.2) is 0 Å². The van der Waals surface area contributed by atoms with Crippen molar-refractivity contribution >= 4 is 17.0 Å². The molecule has 1 aromatic heterocycles. The van der Waals surface area contributed by atoms with Gasteiger partial charge in [0.1, 0.15) is 0 Å². The number of rotatable bonds is 2. The lowest BCUT2D eigenvalue weighted by Crippen LogP contribution is -2.52. The first kappa shape index (κ1) is 12.7. The summed E-state index contributed by atoms with van der Waals surface area (Å²) in [6.07, 6.45) is 0. The number of H-pyrrole nitrogens is 1. The summed E-state index contributed by atoms with van der Waals surface area (Å²) in [5.41, 5.74) is 1.20. The molecule has 0 atom stereocenters. The van der Waals surface area contributed by atoms with Crippen molar-refractivity contribution in [2.75, 3.05) is 38.2 Å². The standard InChI is InChI=1S/C13H16N4O3/c1-15-4-6-16(7-5-15)17-11-3-2-9(12(18)19)8-10(11)14-13(17)20/h2-3,8H,4-7H2,1H3,(H,14,20)(H,18,19). The lowest BCUT2D eigenvalue weighted by molar-refractivity contribution is 0.0697. The molecule has 7 heteroatoms. The summed E-state index contributed by atoms with van der Waals surface area (Å²) in [5.74, 6) is -1.000. The molecular weight excluding hydrogens is 260 g/mol. The maximum absolute atomic E-state index is 12.1. The molecule has 20 heavy (non-hydrogen) atoms. The van der Waals surface area contributed by atoms with Crippen molar-refractivity contribution < 1.29 is 9.90 Å². The van der Waals surface area contributed by atoms with Gasteiger partial charge in [-0.05, 0) is 25.2 Å². The first-order valence-electron chi connectivity index (χ1n) is 6.48. The van der Waals surface area contributed by atoms with E-state index in [9.17, 15) is 9.59 Å². The number of aromatic amines is 1. The van der Waals surface area contributed by atoms with Crippen molar-refractivity contribution in [3.8, 4) is 0 Å². The molecular formula is C13H16N4O3. The molecule has 2 heterocycles. The summed E-state index contributed by atoms with van der Waals surface area (Å²) in [5, 5.41) is 11.0. The number of carboxylic acid groups (broad SMARTS) is 1. The monoisotopic (exact) mass is 276 g/mol. The van der Waals surface area contributed by atoms with Crippen LogP contribution in [0.15, 0.2) is 23.0 Å². The van der Waals surface area contributed by atoms with E-state index in [1.54, 1.807) is 10.7 Å². The number of hydrogen-bond acceptors (Lipinski definition) is 4. The number of nitrogens with one attached hydrogen (secondary N) is 1. The van der Waals surface area contributed by atoms with Crippen LogP contribution in [0, 0.1) is 0 Å². The molecule has 0 bridgehead atoms. The van der Waals surface area contributed by atoms with Gasteiger partial charge in [-0.1, -0.05) is 0 Å². The fourth-order valence-corrected chi connectivity index (χ4v) is 2.51. The van der Waals surface area contributed by atoms with Crippen LogP contribution in [0.3, 0.4) is 0 Å². The Balaban J connectivity index is 2.05. The minimum absolute atomic E-state index is 0.171. The third-order valence-corrected chi connectivity index (χ3v) is 3.67. The minimum Gasteiger partial charge on any atom is -0.478 e. The molecule has 1 aliphatic heterocycles. The average molecular weight is 276 g/mol. The molecule has 106 valence electrons. The average Bonchev–Trinajstić information content (AvgIpc) is 2.74. The van der Waals surface area contributed by atoms with Gasteiger partial charge in [0.05, 0.1) is 16.6 Å². The molecule has 2 N–H and O–H groups in total. The van der Waals surface area contributed by atoms with Crippen LogP contribution < -0.4 is 10.7 Å². The molecule has 0 saturated carbocycles. The third-order valence-electron chi connectivity index (χ3n) is 3.67. The van der Waals surface area contributed by atoms with Crippen LogP contribution in [-0.4, -0.2) is 58.9 Å². The van der Waals surface area contributed by atoms with Crippen molar-refractivity contribution in [2.24, 2.45) is 0 Å². The largest absolute Gasteiger partial charge is 0.478 e. The summed E-state index contributed by atoms with van der Waals surface area (Å²) < 4.78 is 1.61. The fourth-order valence-electron chi connectivity index (χ4n) is 2.51. The van der Waals surface area contributed by atoms with Crippen molar-refractivity contribution in [1.82, 2.24) is 14.6 Å². The smallest absolute Gasteiger partial charge is 0.345 e. The second-order valence-corrected chi connectivity index (χ2v) is 5.04. The second kappa shape index (κ2) is 4.68. The van der Waals surface area contributed by atoms with Crippen molar-refractivity contribution in [3.63, 3.8) is 0 Å². The van der Waals surface area contributed by atoms with Gasteiger partial charge in [-0.15, -0.1) is 0 Å². The van der Waals surface area contributed by atoms with E-state index in [4.69, 9.17) is 5.11 Å². The highest BCUT2D eigenvalue weighted by Gasteiger charge is 2.19. The molecule has 0 unspecified atom stereocenters. The summed E-state index contributed by atoms with van der Waals surface area (Å²) in [6.45, 7) is 3.33. The molecule has 1 fully saturated rings. The Labute approximate surface area is 115 Å². The number of benzene rings is 1. The number of fused-ring (bicyclic) bond motifs is 1. The van der Waals surface area contributed by atoms with Crippen molar-refractivity contribution in [2.45, 2.75) is 0 Å². The first-order valence-corrected chi connectivity index (χ1v) is 6.48. The van der Waals surface area contributed by atoms with E-state index in [0.29, 0.717) is 11.0 Å². The molecule has 0 aliphatic carbocycles. The number of nitrogens with zero attached hydrogens (tertiary/aromatic N) is 3. The number of carbonyl (C=O) groups is 1. The van der Waals surface area contributed by atoms with Gasteiger partial charge in [-0.2, -0.15) is 0 Å². The summed E-state index contributed by atoms with van der Waals surface area (Å²) >= 11 is 0. The highest BCUT2D eigenvalue weighted by molar-refractivity contribution is 5.92. The maximum Gasteiger partial charge on any atom is 0.345 e. The van der Waals surface area contributed by atoms with Crippen LogP contribution in [0.25, 0.3) is 11.0 Å². The Morgan fingerprint density at radius 1 is 1.25 bits per heavy atom. The van der Waals surface area contributed by atoms with Crippen LogP contribution in [0.4, 0.5) is 0 Å². The van der Waals surface area contributed by atoms with E-state index in [-0.39, 0.29) is 11.3 Å². The van der Waals surface area contributed by atoms with Gasteiger partial charge in [0, 0.05) is 26.2 Å². The molecule has 7 nitrogen and oxygen atoms in total. The molecule has 2 aromatic rings. The molecule has 1 saturated heterocycles. The quantitative estimate of drug-likeness (QED) is 0.801. The van der Waals surface area contributed by atoms with Gasteiger partial charge in [0.2, 0.25) is 0 Å². The van der Waals surface area contributed by atoms with Crippen LogP contribution >= 0.6 is 0 Å². The number of aromatic nitrogens is 2. The first-order chi connectivity index (χ1) is 9.56. The lowest BCUT2D eigenvalue weighted by atomic mass is 10.2. The highest BCUT2D eigenvalue weighted by atomic mass is 16.4.